The second kappa shape index (κ2) is 8.95. The van der Waals surface area contributed by atoms with Crippen molar-refractivity contribution in [3.05, 3.63) is 47.7 Å². The minimum absolute atomic E-state index is 0.0385. The molecule has 2 heterocycles. The highest BCUT2D eigenvalue weighted by molar-refractivity contribution is 5.96. The molecule has 0 spiro atoms. The van der Waals surface area contributed by atoms with E-state index in [1.54, 1.807) is 0 Å². The van der Waals surface area contributed by atoms with Crippen LogP contribution in [0.3, 0.4) is 0 Å². The molecular formula is C32H37F2N5O2. The lowest BCUT2D eigenvalue weighted by atomic mass is 9.53. The smallest absolute Gasteiger partial charge is 0.249 e. The Labute approximate surface area is 238 Å². The fourth-order valence-corrected chi connectivity index (χ4v) is 7.68. The van der Waals surface area contributed by atoms with Crippen LogP contribution in [-0.2, 0) is 17.3 Å². The van der Waals surface area contributed by atoms with E-state index >= 15 is 0 Å². The van der Waals surface area contributed by atoms with Crippen molar-refractivity contribution in [2.45, 2.75) is 100 Å². The molecule has 0 N–H and O–H groups in total. The molecule has 6 aliphatic carbocycles. The first kappa shape index (κ1) is 25.6. The number of rotatable bonds is 8. The third-order valence-corrected chi connectivity index (χ3v) is 10.8. The quantitative estimate of drug-likeness (QED) is 0.299. The van der Waals surface area contributed by atoms with Crippen LogP contribution in [-0.4, -0.2) is 38.3 Å². The number of aromatic nitrogens is 4. The van der Waals surface area contributed by atoms with Crippen LogP contribution < -0.4 is 4.90 Å². The van der Waals surface area contributed by atoms with E-state index in [1.165, 1.54) is 18.5 Å². The summed E-state index contributed by atoms with van der Waals surface area (Å²) in [6, 6.07) is 10.1. The first-order chi connectivity index (χ1) is 19.7. The van der Waals surface area contributed by atoms with Gasteiger partial charge in [0.1, 0.15) is 0 Å². The lowest BCUT2D eigenvalue weighted by Gasteiger charge is -2.53. The number of anilines is 1. The minimum Gasteiger partial charge on any atom is -0.339 e. The van der Waals surface area contributed by atoms with E-state index in [1.807, 2.05) is 40.9 Å². The van der Waals surface area contributed by atoms with Crippen LogP contribution in [0.4, 0.5) is 14.5 Å². The number of halogens is 2. The largest absolute Gasteiger partial charge is 0.339 e. The molecule has 0 radical (unpaired) electrons. The summed E-state index contributed by atoms with van der Waals surface area (Å²) in [5.74, 6) is -0.830. The maximum Gasteiger partial charge on any atom is 0.249 e. The lowest BCUT2D eigenvalue weighted by molar-refractivity contribution is -0.148. The molecule has 6 aliphatic rings. The Hall–Kier alpha value is -3.10. The normalized spacial score (nSPS) is 29.0. The number of nitrogens with zero attached hydrogens (tertiary/aromatic N) is 5. The summed E-state index contributed by atoms with van der Waals surface area (Å²) in [6.45, 7) is 0.556. The van der Waals surface area contributed by atoms with Gasteiger partial charge in [-0.05, 0) is 87.8 Å². The van der Waals surface area contributed by atoms with E-state index in [2.05, 4.69) is 11.2 Å². The van der Waals surface area contributed by atoms with E-state index in [0.717, 1.165) is 80.0 Å². The maximum absolute atomic E-state index is 13.9. The average Bonchev–Trinajstić information content (AvgIpc) is 3.91. The molecule has 216 valence electrons. The number of carbonyl (C=O) groups excluding carboxylic acids is 1. The number of carbonyl (C=O) groups is 1. The highest BCUT2D eigenvalue weighted by Crippen LogP contribution is 2.58. The summed E-state index contributed by atoms with van der Waals surface area (Å²) in [5, 5.41) is 9.05. The molecule has 9 rings (SSSR count). The Kier molecular flexibility index (Phi) is 5.59. The first-order valence-corrected chi connectivity index (χ1v) is 15.4. The molecule has 2 aromatic heterocycles. The van der Waals surface area contributed by atoms with Crippen molar-refractivity contribution in [2.24, 2.45) is 18.4 Å². The van der Waals surface area contributed by atoms with Gasteiger partial charge in [0.2, 0.25) is 17.7 Å². The van der Waals surface area contributed by atoms with Gasteiger partial charge < -0.3 is 9.42 Å². The molecule has 6 saturated carbocycles. The van der Waals surface area contributed by atoms with Crippen LogP contribution >= 0.6 is 0 Å². The van der Waals surface area contributed by atoms with Crippen LogP contribution in [0.15, 0.2) is 34.9 Å². The molecular weight excluding hydrogens is 524 g/mol. The lowest BCUT2D eigenvalue weighted by Crippen LogP contribution is -2.53. The summed E-state index contributed by atoms with van der Waals surface area (Å²) in [4.78, 5) is 20.5. The molecule has 3 aromatic rings. The van der Waals surface area contributed by atoms with Gasteiger partial charge in [-0.1, -0.05) is 17.3 Å². The highest BCUT2D eigenvalue weighted by atomic mass is 19.3. The first-order valence-electron chi connectivity index (χ1n) is 15.4. The monoisotopic (exact) mass is 561 g/mol. The topological polar surface area (TPSA) is 77.1 Å². The van der Waals surface area contributed by atoms with Crippen molar-refractivity contribution < 1.29 is 18.1 Å². The molecule has 2 bridgehead atoms. The van der Waals surface area contributed by atoms with E-state index in [-0.39, 0.29) is 29.6 Å². The second-order valence-electron chi connectivity index (χ2n) is 13.8. The summed E-state index contributed by atoms with van der Waals surface area (Å²) in [6.07, 6.45) is 9.74. The molecule has 7 nitrogen and oxygen atoms in total. The standard InChI is InChI=1S/C32H37F2N5O2/c1-38-26(20-5-6-20)16-25(36-38)22-3-2-4-24(15-22)39(28(40)23-17-32(33,34)18-23)19-30-9-12-31(13-10-30,14-11-30)29-35-27(37-41-29)21-7-8-21/h2-4,15-16,20-21,23H,5-14,17-19H2,1H3. The number of amides is 1. The van der Waals surface area contributed by atoms with Crippen LogP contribution in [0.25, 0.3) is 11.3 Å². The van der Waals surface area contributed by atoms with E-state index in [4.69, 9.17) is 14.6 Å². The van der Waals surface area contributed by atoms with Crippen LogP contribution in [0.5, 0.6) is 0 Å². The van der Waals surface area contributed by atoms with Gasteiger partial charge >= 0.3 is 0 Å². The Morgan fingerprint density at radius 1 is 1.02 bits per heavy atom. The minimum atomic E-state index is -2.74. The number of alkyl halides is 2. The number of hydrogen-bond donors (Lipinski definition) is 0. The van der Waals surface area contributed by atoms with Crippen LogP contribution in [0.2, 0.25) is 0 Å². The van der Waals surface area contributed by atoms with Gasteiger partial charge in [-0.3, -0.25) is 9.48 Å². The highest BCUT2D eigenvalue weighted by Gasteiger charge is 2.55. The van der Waals surface area contributed by atoms with Crippen molar-refractivity contribution in [1.29, 1.82) is 0 Å². The fourth-order valence-electron chi connectivity index (χ4n) is 7.68. The Morgan fingerprint density at radius 2 is 1.73 bits per heavy atom. The van der Waals surface area contributed by atoms with Crippen molar-refractivity contribution in [3.63, 3.8) is 0 Å². The van der Waals surface area contributed by atoms with Crippen LogP contribution in [0.1, 0.15) is 106 Å². The molecule has 0 atom stereocenters. The number of fused-ring (bicyclic) bond motifs is 3. The average molecular weight is 562 g/mol. The molecule has 0 unspecified atom stereocenters. The van der Waals surface area contributed by atoms with Crippen LogP contribution in [0, 0.1) is 11.3 Å². The maximum atomic E-state index is 13.9. The molecule has 0 aliphatic heterocycles. The molecule has 9 heteroatoms. The van der Waals surface area contributed by atoms with Gasteiger partial charge in [-0.25, -0.2) is 8.78 Å². The summed E-state index contributed by atoms with van der Waals surface area (Å²) in [5.41, 5.74) is 3.76. The molecule has 6 fully saturated rings. The van der Waals surface area contributed by atoms with Gasteiger partial charge in [0.25, 0.3) is 0 Å². The molecule has 41 heavy (non-hydrogen) atoms. The summed E-state index contributed by atoms with van der Waals surface area (Å²) < 4.78 is 35.5. The fraction of sp³-hybridized carbons (Fsp3) is 0.625. The predicted molar refractivity (Wildman–Crippen MR) is 149 cm³/mol. The van der Waals surface area contributed by atoms with E-state index in [0.29, 0.717) is 18.4 Å². The molecule has 0 saturated heterocycles. The number of benzene rings is 1. The molecule has 1 aromatic carbocycles. The van der Waals surface area contributed by atoms with Gasteiger partial charge in [-0.2, -0.15) is 10.1 Å². The van der Waals surface area contributed by atoms with E-state index in [9.17, 15) is 13.6 Å². The van der Waals surface area contributed by atoms with Crippen molar-refractivity contribution in [2.75, 3.05) is 11.4 Å². The van der Waals surface area contributed by atoms with Gasteiger partial charge in [0.05, 0.1) is 5.69 Å². The summed E-state index contributed by atoms with van der Waals surface area (Å²) in [7, 11) is 1.99. The zero-order valence-electron chi connectivity index (χ0n) is 23.6. The predicted octanol–water partition coefficient (Wildman–Crippen LogP) is 6.90. The zero-order valence-corrected chi connectivity index (χ0v) is 23.6. The third-order valence-electron chi connectivity index (χ3n) is 10.8. The van der Waals surface area contributed by atoms with Crippen molar-refractivity contribution in [1.82, 2.24) is 19.9 Å². The number of hydrogen-bond acceptors (Lipinski definition) is 5. The Balaban J connectivity index is 1.06. The Morgan fingerprint density at radius 3 is 2.39 bits per heavy atom. The van der Waals surface area contributed by atoms with Gasteiger partial charge in [0.15, 0.2) is 5.82 Å². The van der Waals surface area contributed by atoms with Crippen molar-refractivity contribution >= 4 is 11.6 Å². The van der Waals surface area contributed by atoms with Crippen molar-refractivity contribution in [3.8, 4) is 11.3 Å². The zero-order chi connectivity index (χ0) is 28.0. The SMILES string of the molecule is Cn1nc(-c2cccc(N(CC34CCC(c5nc(C6CC6)no5)(CC3)CC4)C(=O)C3CC(F)(F)C3)c2)cc1C1CC1. The van der Waals surface area contributed by atoms with Gasteiger partial charge in [0, 0.05) is 66.5 Å². The third kappa shape index (κ3) is 4.50. The molecule has 1 amide bonds. The second-order valence-corrected chi connectivity index (χ2v) is 13.8. The van der Waals surface area contributed by atoms with E-state index < -0.39 is 11.8 Å². The Bertz CT molecular complexity index is 1470. The van der Waals surface area contributed by atoms with Gasteiger partial charge in [-0.15, -0.1) is 0 Å². The number of aryl methyl sites for hydroxylation is 1. The summed E-state index contributed by atoms with van der Waals surface area (Å²) >= 11 is 0.